The maximum absolute atomic E-state index is 13.6. The van der Waals surface area contributed by atoms with Crippen LogP contribution >= 0.6 is 0 Å². The maximum atomic E-state index is 13.6. The number of aromatic nitrogens is 1. The second-order valence-corrected chi connectivity index (χ2v) is 3.67. The molecule has 0 spiro atoms. The standard InChI is InChI=1S/C13H12FNO2/c1-8-3-6-11(14)13(15-8)10-5-4-9(17-2)7-12(10)16/h3-7,16H,1-2H3. The fourth-order valence-electron chi connectivity index (χ4n) is 1.57. The molecule has 1 aromatic carbocycles. The van der Waals surface area contributed by atoms with Crippen LogP contribution in [0.25, 0.3) is 11.3 Å². The summed E-state index contributed by atoms with van der Waals surface area (Å²) in [6.07, 6.45) is 0. The van der Waals surface area contributed by atoms with Crippen molar-refractivity contribution in [2.24, 2.45) is 0 Å². The SMILES string of the molecule is COc1ccc(-c2nc(C)ccc2F)c(O)c1. The molecule has 0 saturated carbocycles. The van der Waals surface area contributed by atoms with Crippen molar-refractivity contribution in [3.05, 3.63) is 41.8 Å². The molecule has 0 aliphatic heterocycles. The van der Waals surface area contributed by atoms with Gasteiger partial charge in [-0.05, 0) is 31.2 Å². The van der Waals surface area contributed by atoms with Crippen molar-refractivity contribution >= 4 is 0 Å². The third kappa shape index (κ3) is 2.20. The highest BCUT2D eigenvalue weighted by Gasteiger charge is 2.12. The fraction of sp³-hybridized carbons (Fsp3) is 0.154. The summed E-state index contributed by atoms with van der Waals surface area (Å²) in [6, 6.07) is 7.58. The molecule has 1 aromatic heterocycles. The third-order valence-electron chi connectivity index (χ3n) is 2.45. The highest BCUT2D eigenvalue weighted by molar-refractivity contribution is 5.68. The van der Waals surface area contributed by atoms with Gasteiger partial charge in [0.25, 0.3) is 0 Å². The Hall–Kier alpha value is -2.10. The van der Waals surface area contributed by atoms with Gasteiger partial charge in [0.05, 0.1) is 7.11 Å². The topological polar surface area (TPSA) is 42.4 Å². The minimum Gasteiger partial charge on any atom is -0.507 e. The zero-order valence-corrected chi connectivity index (χ0v) is 9.57. The minimum atomic E-state index is -0.462. The number of aromatic hydroxyl groups is 1. The van der Waals surface area contributed by atoms with Crippen LogP contribution in [0, 0.1) is 12.7 Å². The van der Waals surface area contributed by atoms with Crippen molar-refractivity contribution in [3.8, 4) is 22.8 Å². The van der Waals surface area contributed by atoms with Crippen molar-refractivity contribution in [3.63, 3.8) is 0 Å². The van der Waals surface area contributed by atoms with Crippen molar-refractivity contribution in [2.45, 2.75) is 6.92 Å². The molecule has 2 aromatic rings. The molecule has 17 heavy (non-hydrogen) atoms. The van der Waals surface area contributed by atoms with E-state index < -0.39 is 5.82 Å². The molecule has 4 heteroatoms. The molecule has 0 unspecified atom stereocenters. The minimum absolute atomic E-state index is 0.0543. The number of rotatable bonds is 2. The molecule has 0 fully saturated rings. The Kier molecular flexibility index (Phi) is 2.95. The van der Waals surface area contributed by atoms with Gasteiger partial charge in [-0.25, -0.2) is 9.37 Å². The predicted octanol–water partition coefficient (Wildman–Crippen LogP) is 2.91. The second-order valence-electron chi connectivity index (χ2n) is 3.67. The summed E-state index contributed by atoms with van der Waals surface area (Å²) < 4.78 is 18.6. The number of hydrogen-bond acceptors (Lipinski definition) is 3. The highest BCUT2D eigenvalue weighted by atomic mass is 19.1. The summed E-state index contributed by atoms with van der Waals surface area (Å²) in [7, 11) is 1.50. The van der Waals surface area contributed by atoms with Crippen LogP contribution in [-0.2, 0) is 0 Å². The number of ether oxygens (including phenoxy) is 1. The van der Waals surface area contributed by atoms with E-state index in [9.17, 15) is 9.50 Å². The van der Waals surface area contributed by atoms with E-state index in [0.29, 0.717) is 17.0 Å². The van der Waals surface area contributed by atoms with E-state index in [1.54, 1.807) is 25.1 Å². The van der Waals surface area contributed by atoms with Gasteiger partial charge in [0.15, 0.2) is 0 Å². The first kappa shape index (κ1) is 11.4. The molecular weight excluding hydrogens is 221 g/mol. The molecule has 0 atom stereocenters. The van der Waals surface area contributed by atoms with Gasteiger partial charge in [-0.15, -0.1) is 0 Å². The average Bonchev–Trinajstić information content (AvgIpc) is 2.32. The molecule has 3 nitrogen and oxygen atoms in total. The first-order chi connectivity index (χ1) is 8.11. The van der Waals surface area contributed by atoms with Gasteiger partial charge in [-0.3, -0.25) is 0 Å². The lowest BCUT2D eigenvalue weighted by Crippen LogP contribution is -1.92. The first-order valence-corrected chi connectivity index (χ1v) is 5.12. The van der Waals surface area contributed by atoms with Gasteiger partial charge in [-0.2, -0.15) is 0 Å². The maximum Gasteiger partial charge on any atom is 0.149 e. The summed E-state index contributed by atoms with van der Waals surface area (Å²) >= 11 is 0. The van der Waals surface area contributed by atoms with Gasteiger partial charge < -0.3 is 9.84 Å². The van der Waals surface area contributed by atoms with E-state index in [2.05, 4.69) is 4.98 Å². The van der Waals surface area contributed by atoms with E-state index in [4.69, 9.17) is 4.74 Å². The fourth-order valence-corrected chi connectivity index (χ4v) is 1.57. The third-order valence-corrected chi connectivity index (χ3v) is 2.45. The Morgan fingerprint density at radius 3 is 2.65 bits per heavy atom. The zero-order chi connectivity index (χ0) is 12.4. The van der Waals surface area contributed by atoms with Gasteiger partial charge in [0.1, 0.15) is 23.0 Å². The van der Waals surface area contributed by atoms with Crippen LogP contribution in [0.2, 0.25) is 0 Å². The van der Waals surface area contributed by atoms with E-state index in [1.165, 1.54) is 19.2 Å². The van der Waals surface area contributed by atoms with Gasteiger partial charge in [0, 0.05) is 17.3 Å². The lowest BCUT2D eigenvalue weighted by atomic mass is 10.1. The molecule has 88 valence electrons. The Labute approximate surface area is 98.5 Å². The Bertz CT molecular complexity index is 555. The van der Waals surface area contributed by atoms with Crippen LogP contribution in [-0.4, -0.2) is 17.2 Å². The first-order valence-electron chi connectivity index (χ1n) is 5.12. The molecule has 0 saturated heterocycles. The number of halogens is 1. The van der Waals surface area contributed by atoms with E-state index >= 15 is 0 Å². The van der Waals surface area contributed by atoms with Crippen molar-refractivity contribution in [1.82, 2.24) is 4.98 Å². The summed E-state index contributed by atoms with van der Waals surface area (Å²) in [4.78, 5) is 4.08. The number of pyridine rings is 1. The van der Waals surface area contributed by atoms with Crippen molar-refractivity contribution in [1.29, 1.82) is 0 Å². The van der Waals surface area contributed by atoms with Crippen LogP contribution in [0.1, 0.15) is 5.69 Å². The monoisotopic (exact) mass is 233 g/mol. The summed E-state index contributed by atoms with van der Waals surface area (Å²) in [5, 5.41) is 9.80. The Morgan fingerprint density at radius 2 is 2.00 bits per heavy atom. The highest BCUT2D eigenvalue weighted by Crippen LogP contribution is 2.32. The van der Waals surface area contributed by atoms with E-state index in [0.717, 1.165) is 0 Å². The molecular formula is C13H12FNO2. The predicted molar refractivity (Wildman–Crippen MR) is 62.6 cm³/mol. The van der Waals surface area contributed by atoms with Gasteiger partial charge in [-0.1, -0.05) is 0 Å². The Balaban J connectivity index is 2.56. The number of aryl methyl sites for hydroxylation is 1. The van der Waals surface area contributed by atoms with E-state index in [-0.39, 0.29) is 11.4 Å². The van der Waals surface area contributed by atoms with Crippen LogP contribution in [0.3, 0.4) is 0 Å². The lowest BCUT2D eigenvalue weighted by molar-refractivity contribution is 0.408. The molecule has 0 amide bonds. The zero-order valence-electron chi connectivity index (χ0n) is 9.57. The average molecular weight is 233 g/mol. The molecule has 0 aliphatic rings. The van der Waals surface area contributed by atoms with Crippen molar-refractivity contribution < 1.29 is 14.2 Å². The summed E-state index contributed by atoms with van der Waals surface area (Å²) in [5.41, 5.74) is 1.19. The van der Waals surface area contributed by atoms with Crippen LogP contribution in [0.4, 0.5) is 4.39 Å². The normalized spacial score (nSPS) is 10.3. The largest absolute Gasteiger partial charge is 0.507 e. The van der Waals surface area contributed by atoms with Crippen molar-refractivity contribution in [2.75, 3.05) is 7.11 Å². The van der Waals surface area contributed by atoms with Gasteiger partial charge in [0.2, 0.25) is 0 Å². The molecule has 0 aliphatic carbocycles. The molecule has 0 bridgehead atoms. The van der Waals surface area contributed by atoms with Gasteiger partial charge >= 0.3 is 0 Å². The second kappa shape index (κ2) is 4.41. The number of phenols is 1. The molecule has 1 N–H and O–H groups in total. The number of nitrogens with zero attached hydrogens (tertiary/aromatic N) is 1. The lowest BCUT2D eigenvalue weighted by Gasteiger charge is -2.07. The number of methoxy groups -OCH3 is 1. The smallest absolute Gasteiger partial charge is 0.149 e. The van der Waals surface area contributed by atoms with Crippen LogP contribution < -0.4 is 4.74 Å². The Morgan fingerprint density at radius 1 is 1.24 bits per heavy atom. The molecule has 0 radical (unpaired) electrons. The molecule has 1 heterocycles. The summed E-state index contributed by atoms with van der Waals surface area (Å²) in [6.45, 7) is 1.77. The quantitative estimate of drug-likeness (QED) is 0.867. The van der Waals surface area contributed by atoms with Crippen LogP contribution in [0.5, 0.6) is 11.5 Å². The van der Waals surface area contributed by atoms with E-state index in [1.807, 2.05) is 0 Å². The molecule has 2 rings (SSSR count). The number of phenolic OH excluding ortho intramolecular Hbond substituents is 1. The number of hydrogen-bond donors (Lipinski definition) is 1. The summed E-state index contributed by atoms with van der Waals surface area (Å²) in [5.74, 6) is -0.00303. The van der Waals surface area contributed by atoms with Crippen LogP contribution in [0.15, 0.2) is 30.3 Å². The number of benzene rings is 1.